The van der Waals surface area contributed by atoms with E-state index in [9.17, 15) is 14.9 Å². The van der Waals surface area contributed by atoms with Crippen LogP contribution in [0.15, 0.2) is 66.9 Å². The van der Waals surface area contributed by atoms with Crippen LogP contribution < -0.4 is 20.1 Å². The molecule has 1 aliphatic rings. The summed E-state index contributed by atoms with van der Waals surface area (Å²) < 4.78 is 12.7. The van der Waals surface area contributed by atoms with Gasteiger partial charge in [-0.15, -0.1) is 5.10 Å². The lowest BCUT2D eigenvalue weighted by molar-refractivity contribution is -0.384. The molecule has 0 saturated heterocycles. The van der Waals surface area contributed by atoms with Gasteiger partial charge in [0.05, 0.1) is 44.0 Å². The zero-order valence-corrected chi connectivity index (χ0v) is 22.9. The van der Waals surface area contributed by atoms with Gasteiger partial charge in [0.25, 0.3) is 11.6 Å². The summed E-state index contributed by atoms with van der Waals surface area (Å²) in [6.45, 7) is 3.70. The van der Waals surface area contributed by atoms with E-state index in [0.29, 0.717) is 30.0 Å². The first kappa shape index (κ1) is 27.6. The van der Waals surface area contributed by atoms with E-state index in [1.807, 2.05) is 23.0 Å². The normalized spacial score (nSPS) is 12.8. The van der Waals surface area contributed by atoms with E-state index in [4.69, 9.17) is 9.47 Å². The third-order valence-corrected chi connectivity index (χ3v) is 7.00. The second kappa shape index (κ2) is 12.5. The number of nitrogens with zero attached hydrogens (tertiary/aromatic N) is 5. The molecule has 1 amide bonds. The largest absolute Gasteiger partial charge is 0.493 e. The van der Waals surface area contributed by atoms with Crippen molar-refractivity contribution in [3.63, 3.8) is 0 Å². The van der Waals surface area contributed by atoms with Gasteiger partial charge in [-0.2, -0.15) is 0 Å². The maximum atomic E-state index is 12.9. The number of benzene rings is 3. The number of nitro groups is 1. The SMILES string of the molecule is COc1cc2c(cc1OC)CN(CCn1cc(CNc3ccccc3C(=O)Nc3ccc([N+](=O)[O-])cc3)nn1)CC2. The molecule has 0 radical (unpaired) electrons. The van der Waals surface area contributed by atoms with Crippen molar-refractivity contribution in [1.82, 2.24) is 19.9 Å². The monoisotopic (exact) mass is 557 g/mol. The first-order valence-corrected chi connectivity index (χ1v) is 13.2. The minimum Gasteiger partial charge on any atom is -0.493 e. The number of amides is 1. The molecule has 212 valence electrons. The second-order valence-electron chi connectivity index (χ2n) is 9.63. The van der Waals surface area contributed by atoms with Crippen LogP contribution in [-0.2, 0) is 26.1 Å². The van der Waals surface area contributed by atoms with Gasteiger partial charge in [-0.3, -0.25) is 24.5 Å². The average Bonchev–Trinajstić information content (AvgIpc) is 3.46. The van der Waals surface area contributed by atoms with E-state index in [1.165, 1.54) is 35.4 Å². The van der Waals surface area contributed by atoms with E-state index in [-0.39, 0.29) is 11.6 Å². The van der Waals surface area contributed by atoms with Crippen molar-refractivity contribution >= 4 is 23.0 Å². The fourth-order valence-corrected chi connectivity index (χ4v) is 4.79. The number of aromatic nitrogens is 3. The van der Waals surface area contributed by atoms with Crippen molar-refractivity contribution in [3.8, 4) is 11.5 Å². The molecular formula is C29H31N7O5. The van der Waals surface area contributed by atoms with Crippen LogP contribution in [-0.4, -0.2) is 58.0 Å². The van der Waals surface area contributed by atoms with Gasteiger partial charge in [-0.05, 0) is 53.9 Å². The zero-order valence-electron chi connectivity index (χ0n) is 22.9. The Hall–Kier alpha value is -4.97. The number of para-hydroxylation sites is 1. The predicted molar refractivity (Wildman–Crippen MR) is 153 cm³/mol. The lowest BCUT2D eigenvalue weighted by atomic mass is 9.99. The van der Waals surface area contributed by atoms with Gasteiger partial charge in [0.2, 0.25) is 0 Å². The molecule has 4 aromatic rings. The van der Waals surface area contributed by atoms with Crippen molar-refractivity contribution in [2.24, 2.45) is 0 Å². The highest BCUT2D eigenvalue weighted by Gasteiger charge is 2.20. The van der Waals surface area contributed by atoms with Crippen LogP contribution in [0.25, 0.3) is 0 Å². The van der Waals surface area contributed by atoms with Gasteiger partial charge >= 0.3 is 0 Å². The minimum atomic E-state index is -0.483. The van der Waals surface area contributed by atoms with E-state index in [1.54, 1.807) is 26.4 Å². The highest BCUT2D eigenvalue weighted by Crippen LogP contribution is 2.33. The van der Waals surface area contributed by atoms with Crippen LogP contribution >= 0.6 is 0 Å². The maximum Gasteiger partial charge on any atom is 0.269 e. The Balaban J connectivity index is 1.15. The molecule has 12 heteroatoms. The smallest absolute Gasteiger partial charge is 0.269 e. The molecule has 12 nitrogen and oxygen atoms in total. The highest BCUT2D eigenvalue weighted by molar-refractivity contribution is 6.08. The van der Waals surface area contributed by atoms with Crippen LogP contribution in [0, 0.1) is 10.1 Å². The highest BCUT2D eigenvalue weighted by atomic mass is 16.6. The molecule has 0 aliphatic carbocycles. The lowest BCUT2D eigenvalue weighted by Crippen LogP contribution is -2.33. The Morgan fingerprint density at radius 1 is 1.02 bits per heavy atom. The van der Waals surface area contributed by atoms with Gasteiger partial charge in [0.15, 0.2) is 11.5 Å². The van der Waals surface area contributed by atoms with Crippen LogP contribution in [0.4, 0.5) is 17.1 Å². The molecule has 0 saturated carbocycles. The molecule has 0 unspecified atom stereocenters. The number of carbonyl (C=O) groups excluding carboxylic acids is 1. The van der Waals surface area contributed by atoms with Crippen molar-refractivity contribution in [3.05, 3.63) is 99.4 Å². The topological polar surface area (TPSA) is 137 Å². The number of hydrogen-bond donors (Lipinski definition) is 2. The Bertz CT molecular complexity index is 1540. The van der Waals surface area contributed by atoms with E-state index < -0.39 is 4.92 Å². The average molecular weight is 558 g/mol. The van der Waals surface area contributed by atoms with Crippen LogP contribution in [0.5, 0.6) is 11.5 Å². The Morgan fingerprint density at radius 3 is 2.49 bits per heavy atom. The van der Waals surface area contributed by atoms with Gasteiger partial charge < -0.3 is 20.1 Å². The number of carbonyl (C=O) groups is 1. The van der Waals surface area contributed by atoms with Crippen molar-refractivity contribution < 1.29 is 19.2 Å². The molecule has 5 rings (SSSR count). The summed E-state index contributed by atoms with van der Waals surface area (Å²) in [7, 11) is 3.30. The summed E-state index contributed by atoms with van der Waals surface area (Å²) in [6.07, 6.45) is 2.84. The number of nitro benzene ring substituents is 1. The summed E-state index contributed by atoms with van der Waals surface area (Å²) >= 11 is 0. The summed E-state index contributed by atoms with van der Waals surface area (Å²) in [6, 6.07) is 17.0. The number of ether oxygens (including phenoxy) is 2. The fourth-order valence-electron chi connectivity index (χ4n) is 4.79. The van der Waals surface area contributed by atoms with Crippen molar-refractivity contribution in [1.29, 1.82) is 0 Å². The van der Waals surface area contributed by atoms with Crippen LogP contribution in [0.1, 0.15) is 27.2 Å². The van der Waals surface area contributed by atoms with Gasteiger partial charge in [-0.1, -0.05) is 17.3 Å². The number of anilines is 2. The molecule has 2 heterocycles. The van der Waals surface area contributed by atoms with Gasteiger partial charge in [0.1, 0.15) is 5.69 Å². The molecule has 0 spiro atoms. The molecule has 1 aromatic heterocycles. The number of hydrogen-bond acceptors (Lipinski definition) is 9. The lowest BCUT2D eigenvalue weighted by Gasteiger charge is -2.29. The summed E-state index contributed by atoms with van der Waals surface area (Å²) in [4.78, 5) is 25.7. The maximum absolute atomic E-state index is 12.9. The molecule has 1 aliphatic heterocycles. The number of methoxy groups -OCH3 is 2. The number of fused-ring (bicyclic) bond motifs is 1. The predicted octanol–water partition coefficient (Wildman–Crippen LogP) is 4.13. The molecule has 41 heavy (non-hydrogen) atoms. The quantitative estimate of drug-likeness (QED) is 0.206. The Morgan fingerprint density at radius 2 is 1.76 bits per heavy atom. The summed E-state index contributed by atoms with van der Waals surface area (Å²) in [5, 5.41) is 25.5. The standard InChI is InChI=1S/C29H31N7O5/c1-40-27-15-20-11-12-34(18-21(20)16-28(27)41-2)13-14-35-19-23(32-33-35)17-30-26-6-4-3-5-25(26)29(37)31-22-7-9-24(10-8-22)36(38)39/h3-10,15-16,19,30H,11-14,17-18H2,1-2H3,(H,31,37). The van der Waals surface area contributed by atoms with E-state index >= 15 is 0 Å². The zero-order chi connectivity index (χ0) is 28.8. The fraction of sp³-hybridized carbons (Fsp3) is 0.276. The number of nitrogens with one attached hydrogen (secondary N) is 2. The molecule has 0 fully saturated rings. The third kappa shape index (κ3) is 6.61. The van der Waals surface area contributed by atoms with E-state index in [0.717, 1.165) is 43.2 Å². The number of non-ortho nitro benzene ring substituents is 1. The molecule has 0 bridgehead atoms. The van der Waals surface area contributed by atoms with Gasteiger partial charge in [-0.25, -0.2) is 0 Å². The van der Waals surface area contributed by atoms with Crippen molar-refractivity contribution in [2.75, 3.05) is 37.9 Å². The number of rotatable bonds is 11. The Kier molecular flexibility index (Phi) is 8.39. The minimum absolute atomic E-state index is 0.0407. The molecule has 2 N–H and O–H groups in total. The first-order valence-electron chi connectivity index (χ1n) is 13.2. The molecule has 3 aromatic carbocycles. The van der Waals surface area contributed by atoms with Crippen LogP contribution in [0.3, 0.4) is 0 Å². The summed E-state index contributed by atoms with van der Waals surface area (Å²) in [5.41, 5.74) is 4.79. The van der Waals surface area contributed by atoms with Crippen LogP contribution in [0.2, 0.25) is 0 Å². The first-order chi connectivity index (χ1) is 19.9. The van der Waals surface area contributed by atoms with Crippen molar-refractivity contribution in [2.45, 2.75) is 26.1 Å². The van der Waals surface area contributed by atoms with Gasteiger partial charge in [0, 0.05) is 43.1 Å². The molecule has 0 atom stereocenters. The van der Waals surface area contributed by atoms with E-state index in [2.05, 4.69) is 38.0 Å². The Labute approximate surface area is 237 Å². The third-order valence-electron chi connectivity index (χ3n) is 7.00. The molecular weight excluding hydrogens is 526 g/mol. The summed E-state index contributed by atoms with van der Waals surface area (Å²) in [5.74, 6) is 1.17. The second-order valence-corrected chi connectivity index (χ2v) is 9.63.